The normalized spacial score (nSPS) is 13.6. The number of ether oxygens (including phenoxy) is 2. The van der Waals surface area contributed by atoms with Crippen molar-refractivity contribution >= 4 is 19.8 Å². The van der Waals surface area contributed by atoms with Crippen molar-refractivity contribution in [2.75, 3.05) is 26.4 Å². The lowest BCUT2D eigenvalue weighted by atomic mass is 10.0. The summed E-state index contributed by atoms with van der Waals surface area (Å²) >= 11 is 0. The highest BCUT2D eigenvalue weighted by Crippen LogP contribution is 2.43. The number of rotatable bonds is 35. The molecule has 1 unspecified atom stereocenters. The Labute approximate surface area is 281 Å². The van der Waals surface area contributed by atoms with Crippen LogP contribution in [0.1, 0.15) is 174 Å². The van der Waals surface area contributed by atoms with Crippen LogP contribution in [0.3, 0.4) is 0 Å². The van der Waals surface area contributed by atoms with Crippen LogP contribution in [-0.2, 0) is 32.7 Å². The van der Waals surface area contributed by atoms with Crippen molar-refractivity contribution in [3.8, 4) is 0 Å². The van der Waals surface area contributed by atoms with E-state index in [1.165, 1.54) is 83.5 Å². The molecule has 0 bridgehead atoms. The van der Waals surface area contributed by atoms with Gasteiger partial charge in [-0.1, -0.05) is 135 Å². The number of allylic oxidation sites excluding steroid dienone is 2. The lowest BCUT2D eigenvalue weighted by molar-refractivity contribution is -0.161. The minimum absolute atomic E-state index is 0.0544. The van der Waals surface area contributed by atoms with Crippen LogP contribution in [0.4, 0.5) is 0 Å². The van der Waals surface area contributed by atoms with Crippen molar-refractivity contribution < 1.29 is 37.6 Å². The fourth-order valence-electron chi connectivity index (χ4n) is 5.10. The van der Waals surface area contributed by atoms with Gasteiger partial charge in [0.05, 0.1) is 13.2 Å². The van der Waals surface area contributed by atoms with Crippen LogP contribution in [0.5, 0.6) is 0 Å². The van der Waals surface area contributed by atoms with Crippen LogP contribution < -0.4 is 5.73 Å². The molecule has 0 aliphatic rings. The molecule has 0 aromatic rings. The molecular formula is C36H70NO8P. The SMILES string of the molecule is CCCCC/C=C/CCCCCCCC(=O)O[C@H](COC(=O)CCCCCCCCCCCCCCC)COP(=O)(O)OCCN. The van der Waals surface area contributed by atoms with E-state index in [0.29, 0.717) is 6.42 Å². The smallest absolute Gasteiger partial charge is 0.462 e. The van der Waals surface area contributed by atoms with Gasteiger partial charge < -0.3 is 20.1 Å². The maximum atomic E-state index is 12.5. The molecular weight excluding hydrogens is 605 g/mol. The number of phosphoric ester groups is 1. The molecule has 272 valence electrons. The van der Waals surface area contributed by atoms with E-state index in [2.05, 4.69) is 26.0 Å². The lowest BCUT2D eigenvalue weighted by Gasteiger charge is -2.19. The Balaban J connectivity index is 4.23. The first-order valence-electron chi connectivity index (χ1n) is 18.7. The van der Waals surface area contributed by atoms with E-state index in [-0.39, 0.29) is 38.6 Å². The Morgan fingerprint density at radius 2 is 1.07 bits per heavy atom. The maximum absolute atomic E-state index is 12.5. The summed E-state index contributed by atoms with van der Waals surface area (Å²) in [6.07, 6.45) is 30.9. The van der Waals surface area contributed by atoms with Crippen molar-refractivity contribution in [2.24, 2.45) is 5.73 Å². The second kappa shape index (κ2) is 33.6. The number of hydrogen-bond acceptors (Lipinski definition) is 8. The van der Waals surface area contributed by atoms with E-state index in [9.17, 15) is 19.0 Å². The summed E-state index contributed by atoms with van der Waals surface area (Å²) in [6.45, 7) is 3.69. The van der Waals surface area contributed by atoms with Gasteiger partial charge in [-0.2, -0.15) is 0 Å². The standard InChI is InChI=1S/C36H70NO8P/c1-3-5-7-9-11-13-15-17-19-20-22-24-26-28-35(38)42-32-34(33-44-46(40,41)43-31-30-37)45-36(39)29-27-25-23-21-18-16-14-12-10-8-6-4-2/h12,14,34H,3-11,13,15-33,37H2,1-2H3,(H,40,41)/b14-12+/t34-/m1/s1. The first kappa shape index (κ1) is 44.8. The molecule has 0 amide bonds. The molecule has 0 fully saturated rings. The van der Waals surface area contributed by atoms with Crippen LogP contribution in [0.2, 0.25) is 0 Å². The van der Waals surface area contributed by atoms with Gasteiger partial charge in [-0.3, -0.25) is 18.6 Å². The first-order chi connectivity index (χ1) is 22.3. The van der Waals surface area contributed by atoms with Crippen LogP contribution in [0, 0.1) is 0 Å². The van der Waals surface area contributed by atoms with Crippen molar-refractivity contribution in [1.82, 2.24) is 0 Å². The van der Waals surface area contributed by atoms with Crippen molar-refractivity contribution in [3.63, 3.8) is 0 Å². The highest BCUT2D eigenvalue weighted by molar-refractivity contribution is 7.47. The molecule has 0 aromatic heterocycles. The van der Waals surface area contributed by atoms with Gasteiger partial charge in [-0.25, -0.2) is 4.57 Å². The van der Waals surface area contributed by atoms with E-state index in [1.54, 1.807) is 0 Å². The summed E-state index contributed by atoms with van der Waals surface area (Å²) in [6, 6.07) is 0. The molecule has 2 atom stereocenters. The topological polar surface area (TPSA) is 134 Å². The number of hydrogen-bond donors (Lipinski definition) is 2. The highest BCUT2D eigenvalue weighted by atomic mass is 31.2. The van der Waals surface area contributed by atoms with Crippen molar-refractivity contribution in [3.05, 3.63) is 12.2 Å². The monoisotopic (exact) mass is 675 g/mol. The summed E-state index contributed by atoms with van der Waals surface area (Å²) in [4.78, 5) is 34.6. The molecule has 0 rings (SSSR count). The Hall–Kier alpha value is -1.25. The molecule has 0 radical (unpaired) electrons. The summed E-state index contributed by atoms with van der Waals surface area (Å²) in [5.41, 5.74) is 5.32. The summed E-state index contributed by atoms with van der Waals surface area (Å²) in [7, 11) is -4.36. The predicted octanol–water partition coefficient (Wildman–Crippen LogP) is 9.88. The Bertz CT molecular complexity index is 779. The number of phosphoric acid groups is 1. The molecule has 0 aliphatic carbocycles. The summed E-state index contributed by atoms with van der Waals surface area (Å²) in [5.74, 6) is -0.835. The molecule has 10 heteroatoms. The van der Waals surface area contributed by atoms with Crippen LogP contribution in [-0.4, -0.2) is 49.3 Å². The maximum Gasteiger partial charge on any atom is 0.472 e. The summed E-state index contributed by atoms with van der Waals surface area (Å²) in [5, 5.41) is 0. The van der Waals surface area contributed by atoms with Crippen LogP contribution in [0.15, 0.2) is 12.2 Å². The van der Waals surface area contributed by atoms with Gasteiger partial charge in [-0.05, 0) is 38.5 Å². The van der Waals surface area contributed by atoms with Crippen molar-refractivity contribution in [1.29, 1.82) is 0 Å². The second-order valence-corrected chi connectivity index (χ2v) is 13.9. The molecule has 9 nitrogen and oxygen atoms in total. The largest absolute Gasteiger partial charge is 0.472 e. The second-order valence-electron chi connectivity index (χ2n) is 12.4. The first-order valence-corrected chi connectivity index (χ1v) is 20.2. The van der Waals surface area contributed by atoms with E-state index >= 15 is 0 Å². The summed E-state index contributed by atoms with van der Waals surface area (Å²) < 4.78 is 32.6. The molecule has 0 saturated heterocycles. The number of nitrogens with two attached hydrogens (primary N) is 1. The van der Waals surface area contributed by atoms with E-state index in [4.69, 9.17) is 24.3 Å². The third kappa shape index (κ3) is 32.7. The third-order valence-corrected chi connectivity index (χ3v) is 8.89. The Morgan fingerprint density at radius 1 is 0.630 bits per heavy atom. The fraction of sp³-hybridized carbons (Fsp3) is 0.889. The zero-order valence-electron chi connectivity index (χ0n) is 29.6. The number of carbonyl (C=O) groups excluding carboxylic acids is 2. The van der Waals surface area contributed by atoms with E-state index < -0.39 is 26.5 Å². The van der Waals surface area contributed by atoms with Gasteiger partial charge in [-0.15, -0.1) is 0 Å². The predicted molar refractivity (Wildman–Crippen MR) is 188 cm³/mol. The Morgan fingerprint density at radius 3 is 1.59 bits per heavy atom. The van der Waals surface area contributed by atoms with Crippen LogP contribution >= 0.6 is 7.82 Å². The zero-order valence-corrected chi connectivity index (χ0v) is 30.5. The molecule has 0 aromatic carbocycles. The minimum atomic E-state index is -4.36. The molecule has 46 heavy (non-hydrogen) atoms. The molecule has 0 heterocycles. The molecule has 0 saturated carbocycles. The molecule has 0 spiro atoms. The van der Waals surface area contributed by atoms with Gasteiger partial charge in [0.15, 0.2) is 6.10 Å². The fourth-order valence-corrected chi connectivity index (χ4v) is 5.86. The number of unbranched alkanes of at least 4 members (excludes halogenated alkanes) is 20. The quantitative estimate of drug-likeness (QED) is 0.0291. The van der Waals surface area contributed by atoms with E-state index in [1.807, 2.05) is 0 Å². The number of esters is 2. The van der Waals surface area contributed by atoms with Gasteiger partial charge in [0.2, 0.25) is 0 Å². The highest BCUT2D eigenvalue weighted by Gasteiger charge is 2.25. The van der Waals surface area contributed by atoms with Gasteiger partial charge in [0.25, 0.3) is 0 Å². The van der Waals surface area contributed by atoms with Gasteiger partial charge in [0.1, 0.15) is 6.61 Å². The molecule has 3 N–H and O–H groups in total. The van der Waals surface area contributed by atoms with Gasteiger partial charge in [0, 0.05) is 19.4 Å². The Kier molecular flexibility index (Phi) is 32.7. The van der Waals surface area contributed by atoms with Crippen molar-refractivity contribution in [2.45, 2.75) is 180 Å². The average Bonchev–Trinajstić information content (AvgIpc) is 3.04. The van der Waals surface area contributed by atoms with Crippen LogP contribution in [0.25, 0.3) is 0 Å². The third-order valence-electron chi connectivity index (χ3n) is 7.90. The number of carbonyl (C=O) groups is 2. The van der Waals surface area contributed by atoms with Gasteiger partial charge >= 0.3 is 19.8 Å². The molecule has 0 aliphatic heterocycles. The minimum Gasteiger partial charge on any atom is -0.462 e. The van der Waals surface area contributed by atoms with E-state index in [0.717, 1.165) is 57.8 Å². The lowest BCUT2D eigenvalue weighted by Crippen LogP contribution is -2.29. The zero-order chi connectivity index (χ0) is 34.0. The average molecular weight is 676 g/mol.